The van der Waals surface area contributed by atoms with Crippen molar-refractivity contribution in [3.05, 3.63) is 65.2 Å². The number of halogens is 2. The van der Waals surface area contributed by atoms with Crippen LogP contribution in [0.2, 0.25) is 0 Å². The first-order chi connectivity index (χ1) is 9.52. The maximum Gasteiger partial charge on any atom is 0.260 e. The molecule has 2 aromatic rings. The summed E-state index contributed by atoms with van der Waals surface area (Å²) in [6, 6.07) is 11.1. The third-order valence-electron chi connectivity index (χ3n) is 2.83. The molecule has 0 radical (unpaired) electrons. The zero-order valence-corrected chi connectivity index (χ0v) is 10.6. The summed E-state index contributed by atoms with van der Waals surface area (Å²) in [7, 11) is 1.46. The molecule has 0 aliphatic rings. The second-order valence-corrected chi connectivity index (χ2v) is 4.15. The van der Waals surface area contributed by atoms with E-state index in [0.29, 0.717) is 17.3 Å². The Kier molecular flexibility index (Phi) is 3.76. The number of benzene rings is 2. The van der Waals surface area contributed by atoms with E-state index in [2.05, 4.69) is 0 Å². The lowest BCUT2D eigenvalue weighted by atomic mass is 10.1. The summed E-state index contributed by atoms with van der Waals surface area (Å²) in [5.41, 5.74) is 0.621. The van der Waals surface area contributed by atoms with Gasteiger partial charge in [0.1, 0.15) is 11.6 Å². The number of nitrogens with zero attached hydrogens (tertiary/aromatic N) is 2. The van der Waals surface area contributed by atoms with Gasteiger partial charge in [-0.1, -0.05) is 6.07 Å². The van der Waals surface area contributed by atoms with Gasteiger partial charge in [0.25, 0.3) is 5.91 Å². The molecule has 0 bridgehead atoms. The van der Waals surface area contributed by atoms with Crippen LogP contribution < -0.4 is 4.90 Å². The summed E-state index contributed by atoms with van der Waals surface area (Å²) >= 11 is 0. The van der Waals surface area contributed by atoms with Crippen molar-refractivity contribution in [3.8, 4) is 6.07 Å². The van der Waals surface area contributed by atoms with Gasteiger partial charge in [0, 0.05) is 18.8 Å². The Hall–Kier alpha value is -2.74. The van der Waals surface area contributed by atoms with E-state index in [1.807, 2.05) is 6.07 Å². The van der Waals surface area contributed by atoms with Crippen molar-refractivity contribution >= 4 is 11.6 Å². The molecular weight excluding hydrogens is 262 g/mol. The molecule has 0 aliphatic carbocycles. The predicted octanol–water partition coefficient (Wildman–Crippen LogP) is 3.11. The summed E-state index contributed by atoms with van der Waals surface area (Å²) < 4.78 is 26.4. The molecule has 0 atom stereocenters. The van der Waals surface area contributed by atoms with E-state index in [1.165, 1.54) is 18.0 Å². The highest BCUT2D eigenvalue weighted by Crippen LogP contribution is 2.19. The quantitative estimate of drug-likeness (QED) is 0.843. The second kappa shape index (κ2) is 5.49. The minimum absolute atomic E-state index is 0.226. The predicted molar refractivity (Wildman–Crippen MR) is 70.2 cm³/mol. The zero-order chi connectivity index (χ0) is 14.7. The van der Waals surface area contributed by atoms with Gasteiger partial charge >= 0.3 is 0 Å². The summed E-state index contributed by atoms with van der Waals surface area (Å²) in [6.45, 7) is 0. The van der Waals surface area contributed by atoms with Gasteiger partial charge in [0.2, 0.25) is 0 Å². The molecule has 2 aromatic carbocycles. The van der Waals surface area contributed by atoms with Gasteiger partial charge in [-0.25, -0.2) is 8.78 Å². The molecule has 0 unspecified atom stereocenters. The maximum atomic E-state index is 13.6. The molecule has 3 nitrogen and oxygen atoms in total. The monoisotopic (exact) mass is 272 g/mol. The number of carbonyl (C=O) groups is 1. The summed E-state index contributed by atoms with van der Waals surface area (Å²) in [4.78, 5) is 13.4. The molecule has 0 heterocycles. The van der Waals surface area contributed by atoms with Crippen molar-refractivity contribution in [2.45, 2.75) is 0 Å². The Bertz CT molecular complexity index is 707. The number of rotatable bonds is 2. The van der Waals surface area contributed by atoms with Crippen LogP contribution in [0, 0.1) is 23.0 Å². The molecule has 0 spiro atoms. The highest BCUT2D eigenvalue weighted by atomic mass is 19.1. The van der Waals surface area contributed by atoms with Crippen LogP contribution in [0.4, 0.5) is 14.5 Å². The standard InChI is InChI=1S/C15H10F2N2O/c1-19(12-4-2-3-10(7-12)9-18)15(20)13-6-5-11(16)8-14(13)17/h2-8H,1H3. The van der Waals surface area contributed by atoms with Crippen molar-refractivity contribution in [1.82, 2.24) is 0 Å². The van der Waals surface area contributed by atoms with Crippen LogP contribution in [0.1, 0.15) is 15.9 Å². The van der Waals surface area contributed by atoms with Gasteiger partial charge in [-0.2, -0.15) is 5.26 Å². The van der Waals surface area contributed by atoms with E-state index < -0.39 is 17.5 Å². The van der Waals surface area contributed by atoms with Crippen molar-refractivity contribution in [2.24, 2.45) is 0 Å². The number of anilines is 1. The molecule has 1 amide bonds. The van der Waals surface area contributed by atoms with E-state index >= 15 is 0 Å². The van der Waals surface area contributed by atoms with Crippen LogP contribution in [-0.2, 0) is 0 Å². The Labute approximate surface area is 114 Å². The first kappa shape index (κ1) is 13.7. The van der Waals surface area contributed by atoms with Crippen LogP contribution in [0.5, 0.6) is 0 Å². The summed E-state index contributed by atoms with van der Waals surface area (Å²) in [5, 5.41) is 8.82. The van der Waals surface area contributed by atoms with E-state index in [-0.39, 0.29) is 5.56 Å². The third kappa shape index (κ3) is 2.64. The number of hydrogen-bond donors (Lipinski definition) is 0. The normalized spacial score (nSPS) is 9.90. The van der Waals surface area contributed by atoms with Gasteiger partial charge in [-0.3, -0.25) is 4.79 Å². The van der Waals surface area contributed by atoms with E-state index in [9.17, 15) is 13.6 Å². The molecule has 0 saturated heterocycles. The third-order valence-corrected chi connectivity index (χ3v) is 2.83. The molecule has 0 aliphatic heterocycles. The average Bonchev–Trinajstić information content (AvgIpc) is 2.46. The molecular formula is C15H10F2N2O. The van der Waals surface area contributed by atoms with Crippen LogP contribution in [0.15, 0.2) is 42.5 Å². The van der Waals surface area contributed by atoms with Crippen molar-refractivity contribution in [3.63, 3.8) is 0 Å². The largest absolute Gasteiger partial charge is 0.311 e. The Morgan fingerprint density at radius 3 is 2.60 bits per heavy atom. The Morgan fingerprint density at radius 2 is 1.95 bits per heavy atom. The van der Waals surface area contributed by atoms with Crippen LogP contribution in [0.25, 0.3) is 0 Å². The van der Waals surface area contributed by atoms with Crippen molar-refractivity contribution in [2.75, 3.05) is 11.9 Å². The van der Waals surface area contributed by atoms with E-state index in [4.69, 9.17) is 5.26 Å². The molecule has 2 rings (SSSR count). The minimum atomic E-state index is -0.918. The fourth-order valence-electron chi connectivity index (χ4n) is 1.74. The topological polar surface area (TPSA) is 44.1 Å². The number of amides is 1. The minimum Gasteiger partial charge on any atom is -0.311 e. The lowest BCUT2D eigenvalue weighted by Crippen LogP contribution is -2.27. The van der Waals surface area contributed by atoms with Crippen LogP contribution in [-0.4, -0.2) is 13.0 Å². The Balaban J connectivity index is 2.35. The lowest BCUT2D eigenvalue weighted by molar-refractivity contribution is 0.0989. The van der Waals surface area contributed by atoms with Gasteiger partial charge in [-0.05, 0) is 30.3 Å². The van der Waals surface area contributed by atoms with Gasteiger partial charge in [0.05, 0.1) is 17.2 Å². The average molecular weight is 272 g/mol. The molecule has 0 fully saturated rings. The molecule has 5 heteroatoms. The van der Waals surface area contributed by atoms with Crippen molar-refractivity contribution in [1.29, 1.82) is 5.26 Å². The summed E-state index contributed by atoms with van der Waals surface area (Å²) in [6.07, 6.45) is 0. The Morgan fingerprint density at radius 1 is 1.20 bits per heavy atom. The fourth-order valence-corrected chi connectivity index (χ4v) is 1.74. The highest BCUT2D eigenvalue weighted by Gasteiger charge is 2.18. The number of carbonyl (C=O) groups excluding carboxylic acids is 1. The smallest absolute Gasteiger partial charge is 0.260 e. The molecule has 0 N–H and O–H groups in total. The number of hydrogen-bond acceptors (Lipinski definition) is 2. The van der Waals surface area contributed by atoms with Gasteiger partial charge in [0.15, 0.2) is 0 Å². The first-order valence-corrected chi connectivity index (χ1v) is 5.76. The zero-order valence-electron chi connectivity index (χ0n) is 10.6. The second-order valence-electron chi connectivity index (χ2n) is 4.15. The maximum absolute atomic E-state index is 13.6. The molecule has 0 aromatic heterocycles. The van der Waals surface area contributed by atoms with Gasteiger partial charge < -0.3 is 4.90 Å². The van der Waals surface area contributed by atoms with Crippen molar-refractivity contribution < 1.29 is 13.6 Å². The molecule has 20 heavy (non-hydrogen) atoms. The molecule has 0 saturated carbocycles. The fraction of sp³-hybridized carbons (Fsp3) is 0.0667. The van der Waals surface area contributed by atoms with E-state index in [1.54, 1.807) is 18.2 Å². The van der Waals surface area contributed by atoms with E-state index in [0.717, 1.165) is 12.1 Å². The highest BCUT2D eigenvalue weighted by molar-refractivity contribution is 6.05. The first-order valence-electron chi connectivity index (χ1n) is 5.76. The van der Waals surface area contributed by atoms with Crippen LogP contribution in [0.3, 0.4) is 0 Å². The van der Waals surface area contributed by atoms with Gasteiger partial charge in [-0.15, -0.1) is 0 Å². The molecule has 100 valence electrons. The SMILES string of the molecule is CN(C(=O)c1ccc(F)cc1F)c1cccc(C#N)c1. The van der Waals surface area contributed by atoms with Crippen LogP contribution >= 0.6 is 0 Å². The summed E-state index contributed by atoms with van der Waals surface area (Å²) in [5.74, 6) is -2.27. The lowest BCUT2D eigenvalue weighted by Gasteiger charge is -2.17. The number of nitriles is 1.